The lowest BCUT2D eigenvalue weighted by molar-refractivity contribution is 0.112. The zero-order chi connectivity index (χ0) is 11.9. The van der Waals surface area contributed by atoms with Gasteiger partial charge in [-0.2, -0.15) is 0 Å². The summed E-state index contributed by atoms with van der Waals surface area (Å²) in [5.74, 6) is 0. The highest BCUT2D eigenvalue weighted by molar-refractivity contribution is 5.77. The Kier molecular flexibility index (Phi) is 2.34. The van der Waals surface area contributed by atoms with Crippen LogP contribution in [0.5, 0.6) is 0 Å². The number of imidazole rings is 1. The third-order valence-corrected chi connectivity index (χ3v) is 2.74. The van der Waals surface area contributed by atoms with Crippen LogP contribution >= 0.6 is 0 Å². The van der Waals surface area contributed by atoms with Crippen molar-refractivity contribution in [2.75, 3.05) is 0 Å². The lowest BCUT2D eigenvalue weighted by atomic mass is 9.93. The highest BCUT2D eigenvalue weighted by atomic mass is 16.1. The summed E-state index contributed by atoms with van der Waals surface area (Å²) in [6.07, 6.45) is 4.70. The fraction of sp³-hybridized carbons (Fsp3) is 0.385. The predicted octanol–water partition coefficient (Wildman–Crippen LogP) is 2.75. The second-order valence-electron chi connectivity index (χ2n) is 5.17. The Morgan fingerprint density at radius 2 is 2.00 bits per heavy atom. The smallest absolute Gasteiger partial charge is 0.151 e. The molecule has 0 aliphatic carbocycles. The molecule has 2 aromatic heterocycles. The SMILES string of the molecule is Cc1cc2nc(C(C)(C)C)cn2cc1C=O. The monoisotopic (exact) mass is 216 g/mol. The molecule has 3 nitrogen and oxygen atoms in total. The summed E-state index contributed by atoms with van der Waals surface area (Å²) in [5.41, 5.74) is 3.64. The minimum absolute atomic E-state index is 0.0290. The average molecular weight is 216 g/mol. The standard InChI is InChI=1S/C13H16N2O/c1-9-5-12-14-11(13(2,3)4)7-15(12)6-10(9)8-16/h5-8H,1-4H3. The van der Waals surface area contributed by atoms with E-state index in [1.54, 1.807) is 0 Å². The Hall–Kier alpha value is -1.64. The Morgan fingerprint density at radius 3 is 2.56 bits per heavy atom. The van der Waals surface area contributed by atoms with Gasteiger partial charge in [0.05, 0.1) is 5.69 Å². The molecule has 2 heterocycles. The van der Waals surface area contributed by atoms with E-state index >= 15 is 0 Å². The molecule has 3 heteroatoms. The normalized spacial score (nSPS) is 12.0. The van der Waals surface area contributed by atoms with Crippen molar-refractivity contribution in [2.24, 2.45) is 0 Å². The number of nitrogens with zero attached hydrogens (tertiary/aromatic N) is 2. The summed E-state index contributed by atoms with van der Waals surface area (Å²) < 4.78 is 1.91. The number of carbonyl (C=O) groups excluding carboxylic acids is 1. The summed E-state index contributed by atoms with van der Waals surface area (Å²) in [6, 6.07) is 1.94. The molecule has 0 spiro atoms. The number of rotatable bonds is 1. The van der Waals surface area contributed by atoms with Gasteiger partial charge in [-0.05, 0) is 18.6 Å². The van der Waals surface area contributed by atoms with Gasteiger partial charge < -0.3 is 4.40 Å². The van der Waals surface area contributed by atoms with Crippen LogP contribution in [0.2, 0.25) is 0 Å². The van der Waals surface area contributed by atoms with E-state index in [0.717, 1.165) is 23.2 Å². The molecule has 0 radical (unpaired) electrons. The molecule has 16 heavy (non-hydrogen) atoms. The van der Waals surface area contributed by atoms with E-state index in [0.29, 0.717) is 5.56 Å². The summed E-state index contributed by atoms with van der Waals surface area (Å²) in [4.78, 5) is 15.4. The Bertz CT molecular complexity index is 547. The number of fused-ring (bicyclic) bond motifs is 1. The first-order valence-electron chi connectivity index (χ1n) is 5.37. The van der Waals surface area contributed by atoms with Gasteiger partial charge in [-0.15, -0.1) is 0 Å². The van der Waals surface area contributed by atoms with Crippen LogP contribution < -0.4 is 0 Å². The quantitative estimate of drug-likeness (QED) is 0.687. The molecule has 84 valence electrons. The third kappa shape index (κ3) is 1.73. The minimum Gasteiger partial charge on any atom is -0.306 e. The number of hydrogen-bond acceptors (Lipinski definition) is 2. The Morgan fingerprint density at radius 1 is 1.31 bits per heavy atom. The number of hydrogen-bond donors (Lipinski definition) is 0. The average Bonchev–Trinajstić information content (AvgIpc) is 2.58. The molecule has 0 aliphatic heterocycles. The lowest BCUT2D eigenvalue weighted by Gasteiger charge is -2.13. The number of pyridine rings is 1. The molecule has 2 aromatic rings. The fourth-order valence-electron chi connectivity index (χ4n) is 1.63. The molecule has 0 atom stereocenters. The highest BCUT2D eigenvalue weighted by Crippen LogP contribution is 2.22. The van der Waals surface area contributed by atoms with Gasteiger partial charge >= 0.3 is 0 Å². The molecule has 0 aromatic carbocycles. The third-order valence-electron chi connectivity index (χ3n) is 2.74. The van der Waals surface area contributed by atoms with Crippen molar-refractivity contribution < 1.29 is 4.79 Å². The summed E-state index contributed by atoms with van der Waals surface area (Å²) >= 11 is 0. The second kappa shape index (κ2) is 3.44. The minimum atomic E-state index is 0.0290. The van der Waals surface area contributed by atoms with E-state index in [-0.39, 0.29) is 5.41 Å². The van der Waals surface area contributed by atoms with Crippen molar-refractivity contribution in [3.05, 3.63) is 35.3 Å². The van der Waals surface area contributed by atoms with Crippen molar-refractivity contribution in [1.82, 2.24) is 9.38 Å². The molecular formula is C13H16N2O. The molecule has 0 bridgehead atoms. The Labute approximate surface area is 95.1 Å². The fourth-order valence-corrected chi connectivity index (χ4v) is 1.63. The molecular weight excluding hydrogens is 200 g/mol. The van der Waals surface area contributed by atoms with Gasteiger partial charge in [0, 0.05) is 23.4 Å². The maximum atomic E-state index is 10.8. The summed E-state index contributed by atoms with van der Waals surface area (Å²) in [7, 11) is 0. The van der Waals surface area contributed by atoms with Crippen LogP contribution in [0.1, 0.15) is 42.4 Å². The van der Waals surface area contributed by atoms with E-state index < -0.39 is 0 Å². The van der Waals surface area contributed by atoms with Gasteiger partial charge in [0.25, 0.3) is 0 Å². The molecule has 0 N–H and O–H groups in total. The molecule has 0 fully saturated rings. The lowest BCUT2D eigenvalue weighted by Crippen LogP contribution is -2.11. The van der Waals surface area contributed by atoms with Crippen LogP contribution in [0.15, 0.2) is 18.5 Å². The number of carbonyl (C=O) groups is 1. The van der Waals surface area contributed by atoms with E-state index in [1.165, 1.54) is 0 Å². The zero-order valence-corrected chi connectivity index (χ0v) is 10.1. The van der Waals surface area contributed by atoms with Gasteiger partial charge in [0.2, 0.25) is 0 Å². The topological polar surface area (TPSA) is 34.4 Å². The van der Waals surface area contributed by atoms with Crippen LogP contribution in [0.25, 0.3) is 5.65 Å². The molecule has 0 saturated carbocycles. The van der Waals surface area contributed by atoms with Crippen molar-refractivity contribution >= 4 is 11.9 Å². The molecule has 0 amide bonds. The van der Waals surface area contributed by atoms with Crippen molar-refractivity contribution in [3.63, 3.8) is 0 Å². The zero-order valence-electron chi connectivity index (χ0n) is 10.1. The largest absolute Gasteiger partial charge is 0.306 e. The molecule has 0 saturated heterocycles. The van der Waals surface area contributed by atoms with Crippen molar-refractivity contribution in [1.29, 1.82) is 0 Å². The van der Waals surface area contributed by atoms with Crippen LogP contribution in [0.3, 0.4) is 0 Å². The van der Waals surface area contributed by atoms with E-state index in [9.17, 15) is 4.79 Å². The molecule has 2 rings (SSSR count). The highest BCUT2D eigenvalue weighted by Gasteiger charge is 2.17. The first-order valence-corrected chi connectivity index (χ1v) is 5.37. The maximum absolute atomic E-state index is 10.8. The van der Waals surface area contributed by atoms with Gasteiger partial charge in [-0.25, -0.2) is 4.98 Å². The van der Waals surface area contributed by atoms with E-state index in [4.69, 9.17) is 0 Å². The Balaban J connectivity index is 2.67. The van der Waals surface area contributed by atoms with Crippen LogP contribution in [-0.4, -0.2) is 15.7 Å². The number of aldehydes is 1. The van der Waals surface area contributed by atoms with Crippen LogP contribution in [0, 0.1) is 6.92 Å². The molecule has 0 unspecified atom stereocenters. The number of aromatic nitrogens is 2. The first kappa shape index (κ1) is 10.9. The van der Waals surface area contributed by atoms with Crippen LogP contribution in [0.4, 0.5) is 0 Å². The predicted molar refractivity (Wildman–Crippen MR) is 64.0 cm³/mol. The first-order chi connectivity index (χ1) is 7.41. The van der Waals surface area contributed by atoms with Crippen molar-refractivity contribution in [2.45, 2.75) is 33.1 Å². The maximum Gasteiger partial charge on any atom is 0.151 e. The van der Waals surface area contributed by atoms with E-state index in [2.05, 4.69) is 25.8 Å². The van der Waals surface area contributed by atoms with Gasteiger partial charge in [-0.3, -0.25) is 4.79 Å². The van der Waals surface area contributed by atoms with Crippen molar-refractivity contribution in [3.8, 4) is 0 Å². The second-order valence-corrected chi connectivity index (χ2v) is 5.17. The summed E-state index contributed by atoms with van der Waals surface area (Å²) in [6.45, 7) is 8.31. The molecule has 0 aliphatic rings. The van der Waals surface area contributed by atoms with Crippen LogP contribution in [-0.2, 0) is 5.41 Å². The summed E-state index contributed by atoms with van der Waals surface area (Å²) in [5, 5.41) is 0. The van der Waals surface area contributed by atoms with Gasteiger partial charge in [0.1, 0.15) is 5.65 Å². The number of aryl methyl sites for hydroxylation is 1. The van der Waals surface area contributed by atoms with Gasteiger partial charge in [0.15, 0.2) is 6.29 Å². The van der Waals surface area contributed by atoms with Gasteiger partial charge in [-0.1, -0.05) is 20.8 Å². The van der Waals surface area contributed by atoms with E-state index in [1.807, 2.05) is 29.8 Å².